The Hall–Kier alpha value is -2.27. The smallest absolute Gasteiger partial charge is 0.313 e. The molecule has 10 heteroatoms. The Labute approximate surface area is 211 Å². The van der Waals surface area contributed by atoms with E-state index in [1.165, 1.54) is 4.90 Å². The lowest BCUT2D eigenvalue weighted by atomic mass is 9.73. The lowest BCUT2D eigenvalue weighted by Gasteiger charge is -2.40. The number of aliphatic hydroxyl groups excluding tert-OH is 1. The topological polar surface area (TPSA) is 109 Å². The molecule has 1 spiro atoms. The summed E-state index contributed by atoms with van der Waals surface area (Å²) in [7, 11) is 0. The number of carbonyl (C=O) groups excluding carboxylic acids is 3. The Morgan fingerprint density at radius 1 is 1.06 bits per heavy atom. The zero-order valence-electron chi connectivity index (χ0n) is 21.1. The molecule has 3 fully saturated rings. The SMILES string of the molecule is CC[C@@]12C=CCCOC(=O)[C@@H]1[C@H]1C(=O)N([C@H](C)CO)C3C(=O)N(CCN4CCOCC4)CC=C[C@@]31O2. The van der Waals surface area contributed by atoms with Gasteiger partial charge >= 0.3 is 5.97 Å². The van der Waals surface area contributed by atoms with Crippen LogP contribution in [0.1, 0.15) is 26.7 Å². The standard InChI is InChI=1S/C26H37N3O7/c1-3-25-7-4-5-14-35-24(33)20(25)19-22(31)29(18(2)17-30)21-23(32)28(9-6-8-26(19,21)36-25)11-10-27-12-15-34-16-13-27/h4,6-8,18-21,30H,3,5,9-17H2,1-2H3/t18-,19+,20+,21?,25-,26+/m1/s1. The number of esters is 1. The van der Waals surface area contributed by atoms with Crippen LogP contribution in [0.4, 0.5) is 0 Å². The summed E-state index contributed by atoms with van der Waals surface area (Å²) in [5, 5.41) is 10.0. The average molecular weight is 504 g/mol. The van der Waals surface area contributed by atoms with Crippen LogP contribution in [-0.2, 0) is 28.6 Å². The van der Waals surface area contributed by atoms with E-state index in [0.29, 0.717) is 45.7 Å². The van der Waals surface area contributed by atoms with Gasteiger partial charge < -0.3 is 29.1 Å². The predicted octanol–water partition coefficient (Wildman–Crippen LogP) is -0.0381. The first-order valence-corrected chi connectivity index (χ1v) is 13.1. The van der Waals surface area contributed by atoms with Crippen molar-refractivity contribution in [2.45, 2.75) is 50.0 Å². The van der Waals surface area contributed by atoms with Crippen LogP contribution >= 0.6 is 0 Å². The van der Waals surface area contributed by atoms with E-state index in [4.69, 9.17) is 14.2 Å². The molecule has 198 valence electrons. The van der Waals surface area contributed by atoms with Crippen LogP contribution in [0, 0.1) is 11.8 Å². The van der Waals surface area contributed by atoms with E-state index < -0.39 is 41.1 Å². The van der Waals surface area contributed by atoms with Crippen molar-refractivity contribution in [1.82, 2.24) is 14.7 Å². The molecule has 0 aromatic carbocycles. The van der Waals surface area contributed by atoms with E-state index in [1.807, 2.05) is 31.2 Å². The maximum absolute atomic E-state index is 14.2. The van der Waals surface area contributed by atoms with Crippen LogP contribution in [0.5, 0.6) is 0 Å². The van der Waals surface area contributed by atoms with E-state index >= 15 is 0 Å². The highest BCUT2D eigenvalue weighted by molar-refractivity contribution is 5.99. The van der Waals surface area contributed by atoms with Crippen LogP contribution in [0.15, 0.2) is 24.3 Å². The first-order valence-electron chi connectivity index (χ1n) is 13.1. The number of morpholine rings is 1. The molecule has 36 heavy (non-hydrogen) atoms. The third kappa shape index (κ3) is 3.89. The molecule has 1 unspecified atom stereocenters. The fourth-order valence-corrected chi connectivity index (χ4v) is 6.56. The molecule has 5 aliphatic heterocycles. The highest BCUT2D eigenvalue weighted by Crippen LogP contribution is 2.58. The van der Waals surface area contributed by atoms with Crippen LogP contribution in [0.25, 0.3) is 0 Å². The normalized spacial score (nSPS) is 37.6. The van der Waals surface area contributed by atoms with Crippen molar-refractivity contribution < 1.29 is 33.7 Å². The van der Waals surface area contributed by atoms with E-state index in [9.17, 15) is 19.5 Å². The number of ether oxygens (including phenoxy) is 3. The molecule has 0 bridgehead atoms. The number of rotatable bonds is 6. The van der Waals surface area contributed by atoms with Gasteiger partial charge in [-0.1, -0.05) is 31.2 Å². The molecule has 1 N–H and O–H groups in total. The molecule has 5 aliphatic rings. The predicted molar refractivity (Wildman–Crippen MR) is 129 cm³/mol. The molecule has 0 aliphatic carbocycles. The number of aliphatic hydroxyl groups is 1. The number of hydrogen-bond acceptors (Lipinski definition) is 8. The Morgan fingerprint density at radius 2 is 1.83 bits per heavy atom. The Bertz CT molecular complexity index is 948. The highest BCUT2D eigenvalue weighted by atomic mass is 16.6. The number of nitrogens with zero attached hydrogens (tertiary/aromatic N) is 3. The molecule has 10 nitrogen and oxygen atoms in total. The number of amides is 2. The van der Waals surface area contributed by atoms with Gasteiger partial charge in [-0.2, -0.15) is 0 Å². The van der Waals surface area contributed by atoms with Gasteiger partial charge in [0.15, 0.2) is 0 Å². The minimum Gasteiger partial charge on any atom is -0.465 e. The summed E-state index contributed by atoms with van der Waals surface area (Å²) in [4.78, 5) is 47.0. The van der Waals surface area contributed by atoms with Crippen LogP contribution in [0.2, 0.25) is 0 Å². The Kier molecular flexibility index (Phi) is 6.97. The lowest BCUT2D eigenvalue weighted by molar-refractivity contribution is -0.163. The summed E-state index contributed by atoms with van der Waals surface area (Å²) in [5.41, 5.74) is -2.36. The summed E-state index contributed by atoms with van der Waals surface area (Å²) in [5.74, 6) is -2.82. The van der Waals surface area contributed by atoms with Crippen molar-refractivity contribution in [2.24, 2.45) is 11.8 Å². The van der Waals surface area contributed by atoms with Gasteiger partial charge in [-0.25, -0.2) is 0 Å². The van der Waals surface area contributed by atoms with Gasteiger partial charge in [-0.3, -0.25) is 19.3 Å². The van der Waals surface area contributed by atoms with Crippen LogP contribution in [-0.4, -0.2) is 120 Å². The van der Waals surface area contributed by atoms with E-state index in [1.54, 1.807) is 11.8 Å². The van der Waals surface area contributed by atoms with Crippen molar-refractivity contribution in [3.05, 3.63) is 24.3 Å². The number of carbonyl (C=O) groups is 3. The van der Waals surface area contributed by atoms with E-state index in [0.717, 1.165) is 13.1 Å². The molecular weight excluding hydrogens is 466 g/mol. The quantitative estimate of drug-likeness (QED) is 0.398. The van der Waals surface area contributed by atoms with Crippen LogP contribution < -0.4 is 0 Å². The molecule has 0 aromatic rings. The highest BCUT2D eigenvalue weighted by Gasteiger charge is 2.75. The van der Waals surface area contributed by atoms with Crippen molar-refractivity contribution >= 4 is 17.8 Å². The third-order valence-electron chi connectivity index (χ3n) is 8.45. The van der Waals surface area contributed by atoms with Crippen LogP contribution in [0.3, 0.4) is 0 Å². The summed E-state index contributed by atoms with van der Waals surface area (Å²) < 4.78 is 17.8. The Balaban J connectivity index is 1.54. The van der Waals surface area contributed by atoms with Gasteiger partial charge in [-0.15, -0.1) is 0 Å². The molecule has 2 amide bonds. The van der Waals surface area contributed by atoms with Crippen molar-refractivity contribution in [3.8, 4) is 0 Å². The second-order valence-corrected chi connectivity index (χ2v) is 10.4. The van der Waals surface area contributed by atoms with Gasteiger partial charge in [-0.05, 0) is 19.8 Å². The average Bonchev–Trinajstić information content (AvgIpc) is 3.24. The molecule has 6 atom stereocenters. The molecule has 0 aromatic heterocycles. The van der Waals surface area contributed by atoms with Crippen molar-refractivity contribution in [2.75, 3.05) is 59.2 Å². The zero-order chi connectivity index (χ0) is 25.5. The minimum atomic E-state index is -1.32. The second-order valence-electron chi connectivity index (χ2n) is 10.4. The third-order valence-corrected chi connectivity index (χ3v) is 8.45. The first kappa shape index (κ1) is 25.4. The van der Waals surface area contributed by atoms with Crippen molar-refractivity contribution in [1.29, 1.82) is 0 Å². The summed E-state index contributed by atoms with van der Waals surface area (Å²) in [6, 6.07) is -1.58. The maximum atomic E-state index is 14.2. The van der Waals surface area contributed by atoms with Crippen molar-refractivity contribution in [3.63, 3.8) is 0 Å². The lowest BCUT2D eigenvalue weighted by Crippen LogP contribution is -2.59. The summed E-state index contributed by atoms with van der Waals surface area (Å²) in [6.07, 6.45) is 8.58. The van der Waals surface area contributed by atoms with E-state index in [-0.39, 0.29) is 25.0 Å². The molecule has 5 heterocycles. The monoisotopic (exact) mass is 503 g/mol. The van der Waals surface area contributed by atoms with Gasteiger partial charge in [0.25, 0.3) is 0 Å². The zero-order valence-corrected chi connectivity index (χ0v) is 21.1. The number of fused-ring (bicyclic) bond motifs is 2. The van der Waals surface area contributed by atoms with Gasteiger partial charge in [0.05, 0.1) is 38.4 Å². The van der Waals surface area contributed by atoms with Gasteiger partial charge in [0, 0.05) is 32.7 Å². The maximum Gasteiger partial charge on any atom is 0.313 e. The number of hydrogen-bond donors (Lipinski definition) is 1. The fraction of sp³-hybridized carbons (Fsp3) is 0.731. The molecule has 0 saturated carbocycles. The number of likely N-dealkylation sites (tertiary alicyclic amines) is 1. The van der Waals surface area contributed by atoms with Gasteiger partial charge in [0.2, 0.25) is 11.8 Å². The second kappa shape index (κ2) is 9.89. The summed E-state index contributed by atoms with van der Waals surface area (Å²) in [6.45, 7) is 8.16. The Morgan fingerprint density at radius 3 is 2.56 bits per heavy atom. The molecule has 5 rings (SSSR count). The van der Waals surface area contributed by atoms with E-state index in [2.05, 4.69) is 4.90 Å². The number of cyclic esters (lactones) is 1. The first-order chi connectivity index (χ1) is 17.4. The fourth-order valence-electron chi connectivity index (χ4n) is 6.56. The molecular formula is C26H37N3O7. The minimum absolute atomic E-state index is 0.220. The largest absolute Gasteiger partial charge is 0.465 e. The molecule has 3 saturated heterocycles. The molecule has 0 radical (unpaired) electrons. The van der Waals surface area contributed by atoms with Gasteiger partial charge in [0.1, 0.15) is 23.2 Å². The summed E-state index contributed by atoms with van der Waals surface area (Å²) >= 11 is 0.